The molecule has 2 fully saturated rings. The van der Waals surface area contributed by atoms with Crippen molar-refractivity contribution in [2.45, 2.75) is 24.9 Å². The summed E-state index contributed by atoms with van der Waals surface area (Å²) in [5.74, 6) is 1.26. The number of hydrogen-bond acceptors (Lipinski definition) is 6. The van der Waals surface area contributed by atoms with Crippen molar-refractivity contribution < 1.29 is 14.3 Å². The minimum absolute atomic E-state index is 0.293. The third-order valence-electron chi connectivity index (χ3n) is 5.29. The van der Waals surface area contributed by atoms with Crippen LogP contribution in [0.5, 0.6) is 0 Å². The smallest absolute Gasteiger partial charge is 0.198 e. The van der Waals surface area contributed by atoms with Crippen LogP contribution in [0.2, 0.25) is 0 Å². The first-order chi connectivity index (χ1) is 12.3. The van der Waals surface area contributed by atoms with Crippen molar-refractivity contribution in [3.8, 4) is 0 Å². The van der Waals surface area contributed by atoms with E-state index in [4.69, 9.17) is 9.15 Å². The van der Waals surface area contributed by atoms with Gasteiger partial charge in [0.05, 0.1) is 19.3 Å². The number of morpholine rings is 1. The van der Waals surface area contributed by atoms with Crippen molar-refractivity contribution >= 4 is 11.1 Å². The molecule has 6 heteroatoms. The summed E-state index contributed by atoms with van der Waals surface area (Å²) in [6, 6.07) is 7.95. The number of aliphatic hydroxyl groups excluding tert-OH is 1. The number of aliphatic hydroxyl groups is 1. The minimum Gasteiger partial charge on any atom is -0.440 e. The van der Waals surface area contributed by atoms with E-state index < -0.39 is 0 Å². The van der Waals surface area contributed by atoms with Gasteiger partial charge in [-0.2, -0.15) is 0 Å². The van der Waals surface area contributed by atoms with E-state index in [-0.39, 0.29) is 6.10 Å². The number of likely N-dealkylation sites (tertiary alicyclic amines) is 1. The molecule has 25 heavy (non-hydrogen) atoms. The number of β-amino-alcohol motifs (C(OH)–C–C–N with tert-alkyl or cyclic N) is 1. The van der Waals surface area contributed by atoms with Crippen LogP contribution in [0.1, 0.15) is 24.7 Å². The number of hydrogen-bond donors (Lipinski definition) is 1. The highest BCUT2D eigenvalue weighted by Crippen LogP contribution is 2.29. The zero-order chi connectivity index (χ0) is 17.1. The van der Waals surface area contributed by atoms with Crippen LogP contribution in [-0.2, 0) is 4.74 Å². The molecule has 0 aliphatic carbocycles. The van der Waals surface area contributed by atoms with E-state index in [0.29, 0.717) is 5.92 Å². The number of benzene rings is 1. The SMILES string of the molecule is O[C@H](CN1CCOCC1)CN1CCC(c2nc3ccccc3o2)CC1. The fourth-order valence-electron chi connectivity index (χ4n) is 3.86. The number of rotatable bonds is 5. The van der Waals surface area contributed by atoms with Crippen LogP contribution in [0.15, 0.2) is 28.7 Å². The Bertz CT molecular complexity index is 642. The van der Waals surface area contributed by atoms with E-state index in [2.05, 4.69) is 14.8 Å². The molecule has 0 spiro atoms. The van der Waals surface area contributed by atoms with Gasteiger partial charge < -0.3 is 19.2 Å². The maximum Gasteiger partial charge on any atom is 0.198 e. The molecular formula is C19H27N3O3. The lowest BCUT2D eigenvalue weighted by molar-refractivity contribution is 0.00490. The van der Waals surface area contributed by atoms with Gasteiger partial charge in [0.25, 0.3) is 0 Å². The predicted octanol–water partition coefficient (Wildman–Crippen LogP) is 1.70. The maximum absolute atomic E-state index is 10.4. The highest BCUT2D eigenvalue weighted by atomic mass is 16.5. The molecule has 4 rings (SSSR count). The van der Waals surface area contributed by atoms with Crippen LogP contribution in [-0.4, -0.2) is 78.5 Å². The number of fused-ring (bicyclic) bond motifs is 1. The molecule has 0 unspecified atom stereocenters. The Labute approximate surface area is 148 Å². The zero-order valence-corrected chi connectivity index (χ0v) is 14.6. The molecule has 0 bridgehead atoms. The first-order valence-electron chi connectivity index (χ1n) is 9.34. The van der Waals surface area contributed by atoms with Crippen molar-refractivity contribution in [1.82, 2.24) is 14.8 Å². The van der Waals surface area contributed by atoms with Gasteiger partial charge in [0.1, 0.15) is 5.52 Å². The zero-order valence-electron chi connectivity index (χ0n) is 14.6. The highest BCUT2D eigenvalue weighted by molar-refractivity contribution is 5.72. The Morgan fingerprint density at radius 1 is 1.04 bits per heavy atom. The van der Waals surface area contributed by atoms with E-state index >= 15 is 0 Å². The quantitative estimate of drug-likeness (QED) is 0.890. The lowest BCUT2D eigenvalue weighted by Crippen LogP contribution is -2.46. The van der Waals surface area contributed by atoms with Crippen molar-refractivity contribution in [3.05, 3.63) is 30.2 Å². The fraction of sp³-hybridized carbons (Fsp3) is 0.632. The molecular weight excluding hydrogens is 318 g/mol. The molecule has 2 aliphatic heterocycles. The topological polar surface area (TPSA) is 62.0 Å². The van der Waals surface area contributed by atoms with Gasteiger partial charge >= 0.3 is 0 Å². The van der Waals surface area contributed by atoms with Gasteiger partial charge in [-0.05, 0) is 38.1 Å². The first kappa shape index (κ1) is 17.0. The molecule has 1 atom stereocenters. The average molecular weight is 345 g/mol. The Balaban J connectivity index is 1.26. The third-order valence-corrected chi connectivity index (χ3v) is 5.29. The second kappa shape index (κ2) is 7.83. The van der Waals surface area contributed by atoms with E-state index in [1.807, 2.05) is 24.3 Å². The van der Waals surface area contributed by atoms with Crippen molar-refractivity contribution in [2.75, 3.05) is 52.5 Å². The second-order valence-corrected chi connectivity index (χ2v) is 7.16. The van der Waals surface area contributed by atoms with E-state index in [1.165, 1.54) is 0 Å². The van der Waals surface area contributed by atoms with Gasteiger partial charge in [-0.25, -0.2) is 4.98 Å². The van der Waals surface area contributed by atoms with Crippen LogP contribution in [0, 0.1) is 0 Å². The van der Waals surface area contributed by atoms with E-state index in [0.717, 1.165) is 82.3 Å². The molecule has 3 heterocycles. The Hall–Kier alpha value is -1.47. The Morgan fingerprint density at radius 3 is 2.44 bits per heavy atom. The monoisotopic (exact) mass is 345 g/mol. The molecule has 1 N–H and O–H groups in total. The summed E-state index contributed by atoms with van der Waals surface area (Å²) in [7, 11) is 0. The molecule has 2 aromatic rings. The van der Waals surface area contributed by atoms with Crippen LogP contribution >= 0.6 is 0 Å². The summed E-state index contributed by atoms with van der Waals surface area (Å²) >= 11 is 0. The molecule has 1 aromatic carbocycles. The summed E-state index contributed by atoms with van der Waals surface area (Å²) in [5.41, 5.74) is 1.82. The molecule has 2 aliphatic rings. The summed E-state index contributed by atoms with van der Waals surface area (Å²) in [6.45, 7) is 6.89. The number of para-hydroxylation sites is 2. The number of nitrogens with zero attached hydrogens (tertiary/aromatic N) is 3. The second-order valence-electron chi connectivity index (χ2n) is 7.16. The van der Waals surface area contributed by atoms with Crippen LogP contribution in [0.4, 0.5) is 0 Å². The van der Waals surface area contributed by atoms with E-state index in [9.17, 15) is 5.11 Å². The molecule has 6 nitrogen and oxygen atoms in total. The number of piperidine rings is 1. The van der Waals surface area contributed by atoms with Crippen molar-refractivity contribution in [2.24, 2.45) is 0 Å². The maximum atomic E-state index is 10.4. The minimum atomic E-state index is -0.293. The van der Waals surface area contributed by atoms with Gasteiger partial charge in [0.15, 0.2) is 11.5 Å². The number of oxazole rings is 1. The largest absolute Gasteiger partial charge is 0.440 e. The molecule has 136 valence electrons. The van der Waals surface area contributed by atoms with Crippen LogP contribution < -0.4 is 0 Å². The van der Waals surface area contributed by atoms with Gasteiger partial charge in [0.2, 0.25) is 0 Å². The standard InChI is InChI=1S/C19H27N3O3/c23-16(14-22-9-11-24-12-10-22)13-21-7-5-15(6-8-21)19-20-17-3-1-2-4-18(17)25-19/h1-4,15-16,23H,5-14H2/t16-/m0/s1. The average Bonchev–Trinajstić information content (AvgIpc) is 3.07. The summed E-state index contributed by atoms with van der Waals surface area (Å²) < 4.78 is 11.3. The summed E-state index contributed by atoms with van der Waals surface area (Å²) in [5, 5.41) is 10.4. The third kappa shape index (κ3) is 4.20. The van der Waals surface area contributed by atoms with Gasteiger partial charge in [-0.1, -0.05) is 12.1 Å². The van der Waals surface area contributed by atoms with E-state index in [1.54, 1.807) is 0 Å². The predicted molar refractivity (Wildman–Crippen MR) is 95.7 cm³/mol. The molecule has 0 radical (unpaired) electrons. The summed E-state index contributed by atoms with van der Waals surface area (Å²) in [4.78, 5) is 9.30. The number of aromatic nitrogens is 1. The molecule has 1 aromatic heterocycles. The van der Waals surface area contributed by atoms with Crippen LogP contribution in [0.3, 0.4) is 0 Å². The Morgan fingerprint density at radius 2 is 1.72 bits per heavy atom. The van der Waals surface area contributed by atoms with Crippen molar-refractivity contribution in [3.63, 3.8) is 0 Å². The lowest BCUT2D eigenvalue weighted by atomic mass is 9.96. The molecule has 2 saturated heterocycles. The normalized spacial score (nSPS) is 22.4. The van der Waals surface area contributed by atoms with Gasteiger partial charge in [0, 0.05) is 32.1 Å². The van der Waals surface area contributed by atoms with Gasteiger partial charge in [-0.3, -0.25) is 4.90 Å². The molecule has 0 saturated carbocycles. The fourth-order valence-corrected chi connectivity index (χ4v) is 3.86. The van der Waals surface area contributed by atoms with Gasteiger partial charge in [-0.15, -0.1) is 0 Å². The van der Waals surface area contributed by atoms with Crippen LogP contribution in [0.25, 0.3) is 11.1 Å². The van der Waals surface area contributed by atoms with Crippen molar-refractivity contribution in [1.29, 1.82) is 0 Å². The molecule has 0 amide bonds. The Kier molecular flexibility index (Phi) is 5.31. The highest BCUT2D eigenvalue weighted by Gasteiger charge is 2.26. The number of ether oxygens (including phenoxy) is 1. The lowest BCUT2D eigenvalue weighted by Gasteiger charge is -2.34. The summed E-state index contributed by atoms with van der Waals surface area (Å²) in [6.07, 6.45) is 1.78. The first-order valence-corrected chi connectivity index (χ1v) is 9.34.